The Morgan fingerprint density at radius 3 is 2.12 bits per heavy atom. The van der Waals surface area contributed by atoms with Crippen molar-refractivity contribution in [2.24, 2.45) is 23.2 Å². The fourth-order valence-electron chi connectivity index (χ4n) is 2.94. The molecule has 0 amide bonds. The molecular formula is C16H30O. The summed E-state index contributed by atoms with van der Waals surface area (Å²) in [6.07, 6.45) is 6.71. The summed E-state index contributed by atoms with van der Waals surface area (Å²) in [5, 5.41) is 0. The zero-order valence-electron chi connectivity index (χ0n) is 12.4. The minimum Gasteiger partial charge on any atom is -0.299 e. The molecule has 1 atom stereocenters. The number of rotatable bonds is 4. The summed E-state index contributed by atoms with van der Waals surface area (Å²) in [7, 11) is 0. The minimum absolute atomic E-state index is 0.377. The molecule has 0 radical (unpaired) electrons. The van der Waals surface area contributed by atoms with E-state index in [0.29, 0.717) is 23.0 Å². The van der Waals surface area contributed by atoms with Gasteiger partial charge in [-0.3, -0.25) is 4.79 Å². The Bertz CT molecular complexity index is 241. The molecule has 0 aromatic heterocycles. The first kappa shape index (κ1) is 14.7. The van der Waals surface area contributed by atoms with Gasteiger partial charge in [0.2, 0.25) is 0 Å². The van der Waals surface area contributed by atoms with E-state index in [4.69, 9.17) is 0 Å². The molecule has 0 saturated heterocycles. The van der Waals surface area contributed by atoms with Crippen molar-refractivity contribution in [2.75, 3.05) is 0 Å². The van der Waals surface area contributed by atoms with E-state index in [1.807, 2.05) is 0 Å². The third-order valence-electron chi connectivity index (χ3n) is 4.65. The molecule has 1 heteroatoms. The Hall–Kier alpha value is -0.330. The molecule has 1 saturated carbocycles. The van der Waals surface area contributed by atoms with E-state index < -0.39 is 0 Å². The van der Waals surface area contributed by atoms with Gasteiger partial charge in [-0.2, -0.15) is 0 Å². The van der Waals surface area contributed by atoms with Gasteiger partial charge in [0.25, 0.3) is 0 Å². The zero-order valence-corrected chi connectivity index (χ0v) is 12.4. The smallest absolute Gasteiger partial charge is 0.136 e. The van der Waals surface area contributed by atoms with Gasteiger partial charge in [-0.05, 0) is 42.9 Å². The van der Waals surface area contributed by atoms with Crippen LogP contribution >= 0.6 is 0 Å². The number of ketones is 1. The van der Waals surface area contributed by atoms with Crippen molar-refractivity contribution in [1.82, 2.24) is 0 Å². The van der Waals surface area contributed by atoms with Crippen LogP contribution in [0.25, 0.3) is 0 Å². The zero-order chi connectivity index (χ0) is 13.1. The number of Topliss-reactive ketones (excluding diaryl/α,β-unsaturated/α-hetero) is 1. The highest BCUT2D eigenvalue weighted by Gasteiger charge is 2.32. The maximum Gasteiger partial charge on any atom is 0.136 e. The van der Waals surface area contributed by atoms with Gasteiger partial charge in [0, 0.05) is 12.3 Å². The first-order valence-electron chi connectivity index (χ1n) is 7.37. The van der Waals surface area contributed by atoms with Gasteiger partial charge >= 0.3 is 0 Å². The van der Waals surface area contributed by atoms with E-state index in [2.05, 4.69) is 34.6 Å². The van der Waals surface area contributed by atoms with Crippen LogP contribution in [-0.2, 0) is 4.79 Å². The lowest BCUT2D eigenvalue weighted by atomic mass is 9.68. The van der Waals surface area contributed by atoms with Crippen molar-refractivity contribution in [2.45, 2.75) is 73.1 Å². The van der Waals surface area contributed by atoms with E-state index in [9.17, 15) is 4.79 Å². The first-order valence-corrected chi connectivity index (χ1v) is 7.37. The van der Waals surface area contributed by atoms with E-state index in [1.54, 1.807) is 0 Å². The van der Waals surface area contributed by atoms with Crippen molar-refractivity contribution >= 4 is 5.78 Å². The van der Waals surface area contributed by atoms with Crippen LogP contribution in [0, 0.1) is 23.2 Å². The van der Waals surface area contributed by atoms with Crippen molar-refractivity contribution in [3.63, 3.8) is 0 Å². The van der Waals surface area contributed by atoms with Gasteiger partial charge in [0.15, 0.2) is 0 Å². The molecule has 1 nitrogen and oxygen atoms in total. The van der Waals surface area contributed by atoms with E-state index in [1.165, 1.54) is 12.8 Å². The summed E-state index contributed by atoms with van der Waals surface area (Å²) in [5.41, 5.74) is 0.421. The Balaban J connectivity index is 2.39. The second-order valence-corrected chi connectivity index (χ2v) is 7.10. The first-order chi connectivity index (χ1) is 7.84. The molecule has 1 rings (SSSR count). The summed E-state index contributed by atoms with van der Waals surface area (Å²) in [6.45, 7) is 11.4. The molecule has 17 heavy (non-hydrogen) atoms. The third-order valence-corrected chi connectivity index (χ3v) is 4.65. The molecule has 0 spiro atoms. The van der Waals surface area contributed by atoms with E-state index in [0.717, 1.165) is 31.6 Å². The molecule has 0 aromatic carbocycles. The van der Waals surface area contributed by atoms with Crippen LogP contribution in [0.15, 0.2) is 0 Å². The van der Waals surface area contributed by atoms with Gasteiger partial charge < -0.3 is 0 Å². The van der Waals surface area contributed by atoms with Crippen molar-refractivity contribution in [3.8, 4) is 0 Å². The van der Waals surface area contributed by atoms with Crippen molar-refractivity contribution in [1.29, 1.82) is 0 Å². The summed E-state index contributed by atoms with van der Waals surface area (Å²) < 4.78 is 0. The van der Waals surface area contributed by atoms with Crippen LogP contribution in [-0.4, -0.2) is 5.78 Å². The van der Waals surface area contributed by atoms with Crippen LogP contribution in [0.3, 0.4) is 0 Å². The average molecular weight is 238 g/mol. The molecular weight excluding hydrogens is 208 g/mol. The lowest BCUT2D eigenvalue weighted by Crippen LogP contribution is -2.29. The lowest BCUT2D eigenvalue weighted by Gasteiger charge is -2.36. The maximum absolute atomic E-state index is 12.1. The molecule has 1 aliphatic rings. The predicted molar refractivity (Wildman–Crippen MR) is 74.0 cm³/mol. The molecule has 1 aliphatic carbocycles. The van der Waals surface area contributed by atoms with E-state index >= 15 is 0 Å². The monoisotopic (exact) mass is 238 g/mol. The van der Waals surface area contributed by atoms with E-state index in [-0.39, 0.29) is 0 Å². The fraction of sp³-hybridized carbons (Fsp3) is 0.938. The number of hydrogen-bond donors (Lipinski definition) is 0. The number of carbonyl (C=O) groups excluding carboxylic acids is 1. The number of hydrogen-bond acceptors (Lipinski definition) is 1. The number of carbonyl (C=O) groups is 1. The van der Waals surface area contributed by atoms with Gasteiger partial charge in [0.1, 0.15) is 5.78 Å². The van der Waals surface area contributed by atoms with Crippen LogP contribution in [0.1, 0.15) is 73.1 Å². The Labute approximate surface area is 107 Å². The SMILES string of the molecule is CCC(C)CC(=O)C1CCC(C(C)(C)C)CC1. The van der Waals surface area contributed by atoms with Crippen LogP contribution in [0.2, 0.25) is 0 Å². The summed E-state index contributed by atoms with van der Waals surface area (Å²) in [6, 6.07) is 0. The normalized spacial score (nSPS) is 27.8. The third kappa shape index (κ3) is 4.44. The largest absolute Gasteiger partial charge is 0.299 e. The molecule has 0 aliphatic heterocycles. The molecule has 1 fully saturated rings. The van der Waals surface area contributed by atoms with Gasteiger partial charge in [-0.1, -0.05) is 41.0 Å². The highest BCUT2D eigenvalue weighted by molar-refractivity contribution is 5.81. The molecule has 0 aromatic rings. The topological polar surface area (TPSA) is 17.1 Å². The lowest BCUT2D eigenvalue weighted by molar-refractivity contribution is -0.125. The molecule has 0 heterocycles. The van der Waals surface area contributed by atoms with Crippen LogP contribution < -0.4 is 0 Å². The quantitative estimate of drug-likeness (QED) is 0.684. The average Bonchev–Trinajstić information content (AvgIpc) is 2.27. The molecule has 0 N–H and O–H groups in total. The van der Waals surface area contributed by atoms with Crippen LogP contribution in [0.4, 0.5) is 0 Å². The highest BCUT2D eigenvalue weighted by atomic mass is 16.1. The van der Waals surface area contributed by atoms with Gasteiger partial charge in [-0.25, -0.2) is 0 Å². The molecule has 1 unspecified atom stereocenters. The van der Waals surface area contributed by atoms with Crippen LogP contribution in [0.5, 0.6) is 0 Å². The maximum atomic E-state index is 12.1. The predicted octanol–water partition coefficient (Wildman–Crippen LogP) is 4.84. The van der Waals surface area contributed by atoms with Gasteiger partial charge in [0.05, 0.1) is 0 Å². The minimum atomic E-state index is 0.377. The second kappa shape index (κ2) is 6.02. The standard InChI is InChI=1S/C16H30O/c1-6-12(2)11-15(17)13-7-9-14(10-8-13)16(3,4)5/h12-14H,6-11H2,1-5H3. The highest BCUT2D eigenvalue weighted by Crippen LogP contribution is 2.40. The Kier molecular flexibility index (Phi) is 5.22. The Morgan fingerprint density at radius 1 is 1.18 bits per heavy atom. The molecule has 0 bridgehead atoms. The second-order valence-electron chi connectivity index (χ2n) is 7.10. The summed E-state index contributed by atoms with van der Waals surface area (Å²) in [4.78, 5) is 12.1. The summed E-state index contributed by atoms with van der Waals surface area (Å²) >= 11 is 0. The Morgan fingerprint density at radius 2 is 1.71 bits per heavy atom. The van der Waals surface area contributed by atoms with Crippen molar-refractivity contribution < 1.29 is 4.79 Å². The van der Waals surface area contributed by atoms with Crippen molar-refractivity contribution in [3.05, 3.63) is 0 Å². The van der Waals surface area contributed by atoms with Gasteiger partial charge in [-0.15, -0.1) is 0 Å². The molecule has 100 valence electrons. The summed E-state index contributed by atoms with van der Waals surface area (Å²) in [5.74, 6) is 2.30. The fourth-order valence-corrected chi connectivity index (χ4v) is 2.94.